The smallest absolute Gasteiger partial charge is 0.262 e. The summed E-state index contributed by atoms with van der Waals surface area (Å²) in [5.74, 6) is 0. The minimum Gasteiger partial charge on any atom is -0.293 e. The Kier molecular flexibility index (Phi) is 2.97. The molecule has 18 heavy (non-hydrogen) atoms. The van der Waals surface area contributed by atoms with Gasteiger partial charge >= 0.3 is 0 Å². The van der Waals surface area contributed by atoms with Crippen LogP contribution in [0.4, 0.5) is 0 Å². The van der Waals surface area contributed by atoms with Gasteiger partial charge in [-0.3, -0.25) is 9.36 Å². The fourth-order valence-corrected chi connectivity index (χ4v) is 3.22. The van der Waals surface area contributed by atoms with E-state index in [9.17, 15) is 4.79 Å². The molecule has 0 spiro atoms. The largest absolute Gasteiger partial charge is 0.293 e. The van der Waals surface area contributed by atoms with Crippen LogP contribution in [0.5, 0.6) is 0 Å². The molecule has 0 aliphatic rings. The van der Waals surface area contributed by atoms with Gasteiger partial charge < -0.3 is 0 Å². The van der Waals surface area contributed by atoms with Gasteiger partial charge in [0.05, 0.1) is 29.0 Å². The Morgan fingerprint density at radius 1 is 1.39 bits per heavy atom. The van der Waals surface area contributed by atoms with Crippen molar-refractivity contribution in [3.05, 3.63) is 44.2 Å². The molecular weight excluding hydrogens is 266 g/mol. The van der Waals surface area contributed by atoms with E-state index in [1.54, 1.807) is 22.2 Å². The predicted octanol–water partition coefficient (Wildman–Crippen LogP) is 2.53. The van der Waals surface area contributed by atoms with Crippen LogP contribution in [0.2, 0.25) is 0 Å². The van der Waals surface area contributed by atoms with Crippen LogP contribution >= 0.6 is 22.7 Å². The molecule has 0 unspecified atom stereocenters. The van der Waals surface area contributed by atoms with Gasteiger partial charge in [0.1, 0.15) is 4.83 Å². The van der Waals surface area contributed by atoms with Gasteiger partial charge in [-0.05, 0) is 17.9 Å². The topological polar surface area (TPSA) is 47.8 Å². The Balaban J connectivity index is 1.99. The van der Waals surface area contributed by atoms with E-state index in [0.29, 0.717) is 11.9 Å². The first-order chi connectivity index (χ1) is 8.78. The minimum atomic E-state index is 0.00676. The van der Waals surface area contributed by atoms with Crippen LogP contribution < -0.4 is 5.56 Å². The summed E-state index contributed by atoms with van der Waals surface area (Å²) in [6.07, 6.45) is 2.54. The number of hydrogen-bond donors (Lipinski definition) is 0. The average molecular weight is 277 g/mol. The lowest BCUT2D eigenvalue weighted by atomic mass is 10.4. The van der Waals surface area contributed by atoms with E-state index in [2.05, 4.69) is 16.9 Å². The third-order valence-corrected chi connectivity index (χ3v) is 4.55. The first-order valence-corrected chi connectivity index (χ1v) is 7.40. The molecule has 3 rings (SSSR count). The van der Waals surface area contributed by atoms with Crippen molar-refractivity contribution in [2.45, 2.75) is 19.9 Å². The summed E-state index contributed by atoms with van der Waals surface area (Å²) < 4.78 is 1.61. The van der Waals surface area contributed by atoms with Gasteiger partial charge in [0.2, 0.25) is 0 Å². The quantitative estimate of drug-likeness (QED) is 0.739. The third-order valence-electron chi connectivity index (χ3n) is 2.68. The molecule has 0 atom stereocenters. The highest BCUT2D eigenvalue weighted by Crippen LogP contribution is 2.14. The highest BCUT2D eigenvalue weighted by molar-refractivity contribution is 7.16. The molecule has 0 amide bonds. The lowest BCUT2D eigenvalue weighted by Crippen LogP contribution is -2.20. The summed E-state index contributed by atoms with van der Waals surface area (Å²) in [5.41, 5.74) is 0.933. The maximum atomic E-state index is 12.2. The number of rotatable bonds is 3. The van der Waals surface area contributed by atoms with Crippen molar-refractivity contribution >= 4 is 32.9 Å². The average Bonchev–Trinajstić information content (AvgIpc) is 3.01. The second-order valence-corrected chi connectivity index (χ2v) is 5.74. The second kappa shape index (κ2) is 4.62. The molecule has 0 radical (unpaired) electrons. The summed E-state index contributed by atoms with van der Waals surface area (Å²) in [6.45, 7) is 2.57. The molecule has 0 saturated carbocycles. The second-order valence-electron chi connectivity index (χ2n) is 3.90. The van der Waals surface area contributed by atoms with Crippen molar-refractivity contribution in [1.82, 2.24) is 14.5 Å². The molecule has 0 aliphatic carbocycles. The van der Waals surface area contributed by atoms with Crippen molar-refractivity contribution in [1.29, 1.82) is 0 Å². The molecule has 0 aromatic carbocycles. The van der Waals surface area contributed by atoms with Gasteiger partial charge in [0, 0.05) is 5.38 Å². The molecule has 3 heterocycles. The Labute approximate surface area is 112 Å². The maximum absolute atomic E-state index is 12.2. The van der Waals surface area contributed by atoms with Gasteiger partial charge in [-0.2, -0.15) is 0 Å². The van der Waals surface area contributed by atoms with Crippen LogP contribution in [0.25, 0.3) is 10.2 Å². The number of thiophene rings is 1. The monoisotopic (exact) mass is 277 g/mol. The van der Waals surface area contributed by atoms with Gasteiger partial charge in [-0.15, -0.1) is 22.7 Å². The predicted molar refractivity (Wildman–Crippen MR) is 74.5 cm³/mol. The summed E-state index contributed by atoms with van der Waals surface area (Å²) in [4.78, 5) is 21.7. The lowest BCUT2D eigenvalue weighted by Gasteiger charge is -2.02. The van der Waals surface area contributed by atoms with Crippen molar-refractivity contribution in [3.63, 3.8) is 0 Å². The van der Waals surface area contributed by atoms with E-state index in [-0.39, 0.29) is 5.56 Å². The standard InChI is InChI=1S/C12H11N3OS2/c1-2-10-14-8(6-18-10)5-15-7-13-11-9(12(15)16)3-4-17-11/h3-4,6-7H,2,5H2,1H3. The Morgan fingerprint density at radius 2 is 2.28 bits per heavy atom. The van der Waals surface area contributed by atoms with E-state index in [0.717, 1.165) is 22.0 Å². The number of fused-ring (bicyclic) bond motifs is 1. The lowest BCUT2D eigenvalue weighted by molar-refractivity contribution is 0.732. The fraction of sp³-hybridized carbons (Fsp3) is 0.250. The molecule has 6 heteroatoms. The van der Waals surface area contributed by atoms with Crippen LogP contribution in [-0.4, -0.2) is 14.5 Å². The number of nitrogens with zero attached hydrogens (tertiary/aromatic N) is 3. The van der Waals surface area contributed by atoms with E-state index >= 15 is 0 Å². The van der Waals surface area contributed by atoms with E-state index in [1.807, 2.05) is 16.8 Å². The molecule has 0 fully saturated rings. The summed E-state index contributed by atoms with van der Waals surface area (Å²) in [5, 5.41) is 5.68. The Hall–Kier alpha value is -1.53. The van der Waals surface area contributed by atoms with Gasteiger partial charge in [0.15, 0.2) is 0 Å². The molecule has 0 bridgehead atoms. The molecular formula is C12H11N3OS2. The number of hydrogen-bond acceptors (Lipinski definition) is 5. The van der Waals surface area contributed by atoms with Crippen molar-refractivity contribution in [2.24, 2.45) is 0 Å². The Morgan fingerprint density at radius 3 is 3.06 bits per heavy atom. The fourth-order valence-electron chi connectivity index (χ4n) is 1.76. The highest BCUT2D eigenvalue weighted by atomic mass is 32.1. The summed E-state index contributed by atoms with van der Waals surface area (Å²) in [6, 6.07) is 1.82. The molecule has 0 N–H and O–H groups in total. The molecule has 4 nitrogen and oxygen atoms in total. The zero-order valence-electron chi connectivity index (χ0n) is 9.79. The van der Waals surface area contributed by atoms with Crippen molar-refractivity contribution in [3.8, 4) is 0 Å². The first-order valence-electron chi connectivity index (χ1n) is 5.64. The summed E-state index contributed by atoms with van der Waals surface area (Å²) >= 11 is 3.12. The van der Waals surface area contributed by atoms with Crippen LogP contribution in [0.15, 0.2) is 27.9 Å². The van der Waals surface area contributed by atoms with Crippen LogP contribution in [-0.2, 0) is 13.0 Å². The SMILES string of the molecule is CCc1nc(Cn2cnc3sccc3c2=O)cs1. The normalized spacial score (nSPS) is 11.2. The van der Waals surface area contributed by atoms with Crippen molar-refractivity contribution in [2.75, 3.05) is 0 Å². The van der Waals surface area contributed by atoms with E-state index in [1.165, 1.54) is 11.3 Å². The zero-order chi connectivity index (χ0) is 12.5. The number of thiazole rings is 1. The third kappa shape index (κ3) is 1.97. The van der Waals surface area contributed by atoms with Gasteiger partial charge in [0.25, 0.3) is 5.56 Å². The van der Waals surface area contributed by atoms with Gasteiger partial charge in [-0.25, -0.2) is 9.97 Å². The molecule has 3 aromatic heterocycles. The minimum absolute atomic E-state index is 0.00676. The number of aryl methyl sites for hydroxylation is 1. The Bertz CT molecular complexity index is 741. The van der Waals surface area contributed by atoms with Crippen LogP contribution in [0.3, 0.4) is 0 Å². The first kappa shape index (κ1) is 11.6. The molecule has 0 saturated heterocycles. The molecule has 0 aliphatic heterocycles. The van der Waals surface area contributed by atoms with Crippen LogP contribution in [0, 0.1) is 0 Å². The zero-order valence-corrected chi connectivity index (χ0v) is 11.4. The highest BCUT2D eigenvalue weighted by Gasteiger charge is 2.07. The van der Waals surface area contributed by atoms with E-state index in [4.69, 9.17) is 0 Å². The molecule has 3 aromatic rings. The summed E-state index contributed by atoms with van der Waals surface area (Å²) in [7, 11) is 0. The van der Waals surface area contributed by atoms with Crippen molar-refractivity contribution < 1.29 is 0 Å². The number of aromatic nitrogens is 3. The maximum Gasteiger partial charge on any atom is 0.262 e. The van der Waals surface area contributed by atoms with Gasteiger partial charge in [-0.1, -0.05) is 6.92 Å². The van der Waals surface area contributed by atoms with Crippen LogP contribution in [0.1, 0.15) is 17.6 Å². The van der Waals surface area contributed by atoms with E-state index < -0.39 is 0 Å². The molecule has 92 valence electrons.